The molecule has 0 spiro atoms. The van der Waals surface area contributed by atoms with Gasteiger partial charge in [0.25, 0.3) is 0 Å². The monoisotopic (exact) mass is 394 g/mol. The predicted molar refractivity (Wildman–Crippen MR) is 95.7 cm³/mol. The number of nitrogens with one attached hydrogen (secondary N) is 2. The summed E-state index contributed by atoms with van der Waals surface area (Å²) in [6.45, 7) is -0.581. The second-order valence-corrected chi connectivity index (χ2v) is 7.38. The standard InChI is InChI=1S/C18H19FN2O5S/c1-26-18(23)16(11-13-5-3-2-4-6-13)21-17(22)12-20-27(24,25)15-9-7-14(19)8-10-15/h2-10,16,20H,11-12H2,1H3,(H,21,22). The minimum Gasteiger partial charge on any atom is -0.467 e. The average molecular weight is 394 g/mol. The van der Waals surface area contributed by atoms with E-state index >= 15 is 0 Å². The lowest BCUT2D eigenvalue weighted by atomic mass is 10.1. The third kappa shape index (κ3) is 6.15. The van der Waals surface area contributed by atoms with E-state index in [1.807, 2.05) is 6.07 Å². The fraction of sp³-hybridized carbons (Fsp3) is 0.222. The van der Waals surface area contributed by atoms with E-state index in [0.717, 1.165) is 29.8 Å². The van der Waals surface area contributed by atoms with Gasteiger partial charge in [-0.1, -0.05) is 30.3 Å². The molecule has 1 amide bonds. The third-order valence-electron chi connectivity index (χ3n) is 3.65. The number of hydrogen-bond acceptors (Lipinski definition) is 5. The minimum atomic E-state index is -3.99. The van der Waals surface area contributed by atoms with E-state index in [4.69, 9.17) is 0 Å². The van der Waals surface area contributed by atoms with Crippen molar-refractivity contribution in [2.45, 2.75) is 17.4 Å². The lowest BCUT2D eigenvalue weighted by Crippen LogP contribution is -2.47. The Morgan fingerprint density at radius 3 is 2.30 bits per heavy atom. The maximum absolute atomic E-state index is 12.9. The first-order valence-electron chi connectivity index (χ1n) is 7.98. The molecule has 0 fully saturated rings. The van der Waals surface area contributed by atoms with Crippen LogP contribution >= 0.6 is 0 Å². The van der Waals surface area contributed by atoms with Crippen LogP contribution in [-0.4, -0.2) is 40.0 Å². The smallest absolute Gasteiger partial charge is 0.328 e. The molecule has 0 saturated carbocycles. The van der Waals surface area contributed by atoms with Crippen LogP contribution in [0.1, 0.15) is 5.56 Å². The third-order valence-corrected chi connectivity index (χ3v) is 5.07. The quantitative estimate of drug-likeness (QED) is 0.651. The van der Waals surface area contributed by atoms with Crippen LogP contribution in [0.4, 0.5) is 4.39 Å². The molecule has 2 aromatic carbocycles. The second kappa shape index (κ2) is 9.24. The Morgan fingerprint density at radius 1 is 1.07 bits per heavy atom. The minimum absolute atomic E-state index is 0.175. The van der Waals surface area contributed by atoms with Gasteiger partial charge in [-0.2, -0.15) is 0 Å². The summed E-state index contributed by atoms with van der Waals surface area (Å²) >= 11 is 0. The average Bonchev–Trinajstić information content (AvgIpc) is 2.66. The molecule has 0 saturated heterocycles. The Morgan fingerprint density at radius 2 is 1.70 bits per heavy atom. The van der Waals surface area contributed by atoms with Crippen LogP contribution < -0.4 is 10.0 Å². The summed E-state index contributed by atoms with van der Waals surface area (Å²) in [5.74, 6) is -1.92. The van der Waals surface area contributed by atoms with Crippen molar-refractivity contribution in [2.75, 3.05) is 13.7 Å². The maximum atomic E-state index is 12.9. The molecular weight excluding hydrogens is 375 g/mol. The van der Waals surface area contributed by atoms with Gasteiger partial charge in [0.15, 0.2) is 0 Å². The lowest BCUT2D eigenvalue weighted by molar-refractivity contribution is -0.144. The Kier molecular flexibility index (Phi) is 7.03. The van der Waals surface area contributed by atoms with Gasteiger partial charge in [0.05, 0.1) is 18.6 Å². The molecule has 9 heteroatoms. The Labute approximate surface area is 156 Å². The molecule has 0 heterocycles. The van der Waals surface area contributed by atoms with Gasteiger partial charge in [0.1, 0.15) is 11.9 Å². The number of rotatable bonds is 8. The molecule has 1 atom stereocenters. The molecule has 2 aromatic rings. The van der Waals surface area contributed by atoms with Crippen LogP contribution in [-0.2, 0) is 30.8 Å². The summed E-state index contributed by atoms with van der Waals surface area (Å²) in [5.41, 5.74) is 0.806. The van der Waals surface area contributed by atoms with Crippen LogP contribution in [0.5, 0.6) is 0 Å². The van der Waals surface area contributed by atoms with Gasteiger partial charge in [0.2, 0.25) is 15.9 Å². The first-order chi connectivity index (χ1) is 12.8. The summed E-state index contributed by atoms with van der Waals surface area (Å²) in [6.07, 6.45) is 0.198. The lowest BCUT2D eigenvalue weighted by Gasteiger charge is -2.17. The number of amides is 1. The SMILES string of the molecule is COC(=O)C(Cc1ccccc1)NC(=O)CNS(=O)(=O)c1ccc(F)cc1. The summed E-state index contributed by atoms with van der Waals surface area (Å²) in [5, 5.41) is 2.45. The summed E-state index contributed by atoms with van der Waals surface area (Å²) in [4.78, 5) is 23.8. The topological polar surface area (TPSA) is 102 Å². The number of sulfonamides is 1. The zero-order valence-electron chi connectivity index (χ0n) is 14.5. The summed E-state index contributed by atoms with van der Waals surface area (Å²) in [6, 6.07) is 12.2. The molecular formula is C18H19FN2O5S. The van der Waals surface area contributed by atoms with Crippen LogP contribution in [0.2, 0.25) is 0 Å². The largest absolute Gasteiger partial charge is 0.467 e. The molecule has 2 N–H and O–H groups in total. The number of carbonyl (C=O) groups is 2. The molecule has 0 aromatic heterocycles. The summed E-state index contributed by atoms with van der Waals surface area (Å²) < 4.78 is 43.9. The van der Waals surface area contributed by atoms with Crippen molar-refractivity contribution in [1.29, 1.82) is 0 Å². The molecule has 0 aliphatic carbocycles. The van der Waals surface area contributed by atoms with Crippen molar-refractivity contribution in [3.05, 3.63) is 66.0 Å². The number of halogens is 1. The van der Waals surface area contributed by atoms with E-state index in [1.165, 1.54) is 7.11 Å². The van der Waals surface area contributed by atoms with Crippen LogP contribution in [0, 0.1) is 5.82 Å². The van der Waals surface area contributed by atoms with Crippen molar-refractivity contribution >= 4 is 21.9 Å². The molecule has 144 valence electrons. The Bertz CT molecular complexity index is 886. The van der Waals surface area contributed by atoms with Gasteiger partial charge >= 0.3 is 5.97 Å². The second-order valence-electron chi connectivity index (χ2n) is 5.61. The highest BCUT2D eigenvalue weighted by Gasteiger charge is 2.23. The highest BCUT2D eigenvalue weighted by atomic mass is 32.2. The molecule has 0 bridgehead atoms. The molecule has 1 unspecified atom stereocenters. The number of hydrogen-bond donors (Lipinski definition) is 2. The molecule has 0 aliphatic heterocycles. The number of benzene rings is 2. The zero-order valence-corrected chi connectivity index (χ0v) is 15.3. The van der Waals surface area contributed by atoms with Crippen molar-refractivity contribution in [3.63, 3.8) is 0 Å². The van der Waals surface area contributed by atoms with Crippen LogP contribution in [0.25, 0.3) is 0 Å². The zero-order chi connectivity index (χ0) is 19.9. The highest BCUT2D eigenvalue weighted by Crippen LogP contribution is 2.09. The Balaban J connectivity index is 1.98. The van der Waals surface area contributed by atoms with Gasteiger partial charge < -0.3 is 10.1 Å². The maximum Gasteiger partial charge on any atom is 0.328 e. The van der Waals surface area contributed by atoms with Gasteiger partial charge in [-0.25, -0.2) is 22.3 Å². The first kappa shape index (κ1) is 20.5. The number of ether oxygens (including phenoxy) is 1. The summed E-state index contributed by atoms with van der Waals surface area (Å²) in [7, 11) is -2.79. The molecule has 0 aliphatic rings. The molecule has 27 heavy (non-hydrogen) atoms. The normalized spacial score (nSPS) is 12.2. The first-order valence-corrected chi connectivity index (χ1v) is 9.46. The predicted octanol–water partition coefficient (Wildman–Crippen LogP) is 1.00. The highest BCUT2D eigenvalue weighted by molar-refractivity contribution is 7.89. The van der Waals surface area contributed by atoms with E-state index in [2.05, 4.69) is 14.8 Å². The van der Waals surface area contributed by atoms with Crippen molar-refractivity contribution < 1.29 is 27.1 Å². The van der Waals surface area contributed by atoms with E-state index in [9.17, 15) is 22.4 Å². The van der Waals surface area contributed by atoms with Crippen molar-refractivity contribution in [3.8, 4) is 0 Å². The van der Waals surface area contributed by atoms with Crippen molar-refractivity contribution in [1.82, 2.24) is 10.0 Å². The van der Waals surface area contributed by atoms with Gasteiger partial charge in [-0.05, 0) is 29.8 Å². The molecule has 7 nitrogen and oxygen atoms in total. The molecule has 0 radical (unpaired) electrons. The van der Waals surface area contributed by atoms with Gasteiger partial charge in [-0.3, -0.25) is 4.79 Å². The number of methoxy groups -OCH3 is 1. The number of carbonyl (C=O) groups excluding carboxylic acids is 2. The van der Waals surface area contributed by atoms with Crippen LogP contribution in [0.15, 0.2) is 59.5 Å². The van der Waals surface area contributed by atoms with Gasteiger partial charge in [0, 0.05) is 6.42 Å². The van der Waals surface area contributed by atoms with E-state index < -0.39 is 40.3 Å². The Hall–Kier alpha value is -2.78. The van der Waals surface area contributed by atoms with Crippen molar-refractivity contribution in [2.24, 2.45) is 0 Å². The van der Waals surface area contributed by atoms with E-state index in [-0.39, 0.29) is 11.3 Å². The number of esters is 1. The fourth-order valence-corrected chi connectivity index (χ4v) is 3.27. The van der Waals surface area contributed by atoms with E-state index in [0.29, 0.717) is 0 Å². The fourth-order valence-electron chi connectivity index (χ4n) is 2.29. The van der Waals surface area contributed by atoms with Gasteiger partial charge in [-0.15, -0.1) is 0 Å². The van der Waals surface area contributed by atoms with E-state index in [1.54, 1.807) is 24.3 Å². The molecule has 2 rings (SSSR count). The van der Waals surface area contributed by atoms with Crippen LogP contribution in [0.3, 0.4) is 0 Å².